The second-order valence-electron chi connectivity index (χ2n) is 14.9. The van der Waals surface area contributed by atoms with Crippen molar-refractivity contribution in [1.29, 1.82) is 0 Å². The summed E-state index contributed by atoms with van der Waals surface area (Å²) < 4.78 is 88.0. The van der Waals surface area contributed by atoms with Crippen LogP contribution in [0.15, 0.2) is 67.3 Å². The van der Waals surface area contributed by atoms with E-state index in [1.165, 1.54) is 39.5 Å². The number of nitrogen functional groups attached to an aromatic ring is 1. The number of carbonyl (C=O) groups is 3. The van der Waals surface area contributed by atoms with Gasteiger partial charge in [-0.25, -0.2) is 8.42 Å². The summed E-state index contributed by atoms with van der Waals surface area (Å²) in [6, 6.07) is 14.9. The van der Waals surface area contributed by atoms with Crippen LogP contribution in [0.25, 0.3) is 0 Å². The molecule has 70 heavy (non-hydrogen) atoms. The summed E-state index contributed by atoms with van der Waals surface area (Å²) in [5.41, 5.74) is 3.76. The number of rotatable bonds is 20. The maximum Gasteiger partial charge on any atom is 0.485 e. The van der Waals surface area contributed by atoms with Gasteiger partial charge in [-0.2, -0.15) is 13.2 Å². The van der Waals surface area contributed by atoms with E-state index >= 15 is 0 Å². The molecule has 2 fully saturated rings. The van der Waals surface area contributed by atoms with Gasteiger partial charge >= 0.3 is 23.4 Å². The molecule has 0 spiro atoms. The number of halogens is 3. The van der Waals surface area contributed by atoms with E-state index in [4.69, 9.17) is 42.4 Å². The number of methoxy groups -OCH3 is 6. The molecule has 0 radical (unpaired) electrons. The summed E-state index contributed by atoms with van der Waals surface area (Å²) in [4.78, 5) is 56.0. The number of carbonyl (C=O) groups excluding carboxylic acids is 3. The maximum atomic E-state index is 11.9. The number of alkyl halides is 3. The SMILES string of the molecule is C=CC.COCCNc1cc(C2(C(=O)OC)CC2)ccc1N.COCCNc1cc(C2(C(=O)OC)CC2)ccc1[N+](=O)[O-].COCCNc1cc(CC(=O)OC)ccc1[N+](=O)[O-].O=S(=O)([O-])C(F)(F)F.[HH]. The molecule has 0 aliphatic heterocycles. The predicted octanol–water partition coefficient (Wildman–Crippen LogP) is 6.25. The highest BCUT2D eigenvalue weighted by molar-refractivity contribution is 7.86. The van der Waals surface area contributed by atoms with Crippen LogP contribution in [0, 0.1) is 20.2 Å². The molecule has 0 heterocycles. The van der Waals surface area contributed by atoms with Gasteiger partial charge in [-0.3, -0.25) is 34.6 Å². The Morgan fingerprint density at radius 1 is 0.714 bits per heavy atom. The van der Waals surface area contributed by atoms with E-state index < -0.39 is 42.3 Å². The quantitative estimate of drug-likeness (QED) is 0.0112. The summed E-state index contributed by atoms with van der Waals surface area (Å²) in [6.07, 6.45) is 4.90. The van der Waals surface area contributed by atoms with Crippen molar-refractivity contribution in [1.82, 2.24) is 0 Å². The molecule has 0 aromatic heterocycles. The summed E-state index contributed by atoms with van der Waals surface area (Å²) in [5.74, 6) is -0.851. The van der Waals surface area contributed by atoms with Crippen LogP contribution in [0.1, 0.15) is 50.7 Å². The Hall–Kier alpha value is -6.61. The molecule has 0 amide bonds. The molecule has 26 heteroatoms. The van der Waals surface area contributed by atoms with Gasteiger partial charge in [-0.15, -0.1) is 6.58 Å². The molecule has 5 rings (SSSR count). The van der Waals surface area contributed by atoms with Gasteiger partial charge in [0.05, 0.1) is 79.6 Å². The van der Waals surface area contributed by atoms with Crippen molar-refractivity contribution in [2.45, 2.75) is 55.4 Å². The number of anilines is 4. The first-order valence-electron chi connectivity index (χ1n) is 20.9. The molecular formula is C44H62F3N6O16S-. The maximum absolute atomic E-state index is 11.9. The first-order chi connectivity index (χ1) is 32.9. The van der Waals surface area contributed by atoms with Crippen LogP contribution < -0.4 is 21.7 Å². The van der Waals surface area contributed by atoms with Crippen LogP contribution in [0.5, 0.6) is 0 Å². The lowest BCUT2D eigenvalue weighted by molar-refractivity contribution is -0.384. The smallest absolute Gasteiger partial charge is 0.485 e. The highest BCUT2D eigenvalue weighted by Gasteiger charge is 2.53. The molecule has 3 aromatic rings. The van der Waals surface area contributed by atoms with Gasteiger partial charge < -0.3 is 54.7 Å². The lowest BCUT2D eigenvalue weighted by Crippen LogP contribution is -2.22. The van der Waals surface area contributed by atoms with E-state index in [9.17, 15) is 47.8 Å². The lowest BCUT2D eigenvalue weighted by atomic mass is 9.95. The molecule has 2 aliphatic carbocycles. The molecule has 2 saturated carbocycles. The number of ether oxygens (including phenoxy) is 6. The van der Waals surface area contributed by atoms with E-state index in [1.54, 1.807) is 45.6 Å². The molecule has 392 valence electrons. The number of benzene rings is 3. The van der Waals surface area contributed by atoms with Crippen molar-refractivity contribution in [2.24, 2.45) is 0 Å². The Balaban J connectivity index is 0.000000931. The third-order valence-corrected chi connectivity index (χ3v) is 10.6. The van der Waals surface area contributed by atoms with Gasteiger partial charge in [0, 0.05) is 54.5 Å². The minimum atomic E-state index is -6.09. The number of hydrogen-bond donors (Lipinski definition) is 4. The Bertz CT molecular complexity index is 2340. The lowest BCUT2D eigenvalue weighted by Gasteiger charge is -2.16. The first-order valence-corrected chi connectivity index (χ1v) is 22.3. The predicted molar refractivity (Wildman–Crippen MR) is 253 cm³/mol. The average molecular weight is 1020 g/mol. The van der Waals surface area contributed by atoms with Crippen molar-refractivity contribution in [3.63, 3.8) is 0 Å². The Labute approximate surface area is 404 Å². The van der Waals surface area contributed by atoms with E-state index in [-0.39, 0.29) is 31.2 Å². The normalized spacial score (nSPS) is 13.4. The van der Waals surface area contributed by atoms with Crippen molar-refractivity contribution in [2.75, 3.05) is 104 Å². The van der Waals surface area contributed by atoms with Crippen molar-refractivity contribution >= 4 is 62.2 Å². The van der Waals surface area contributed by atoms with Crippen LogP contribution in [0.4, 0.5) is 47.3 Å². The zero-order valence-corrected chi connectivity index (χ0v) is 40.6. The third-order valence-electron chi connectivity index (χ3n) is 9.99. The number of nitrogens with one attached hydrogen (secondary N) is 3. The Kier molecular flexibility index (Phi) is 25.8. The van der Waals surface area contributed by atoms with E-state index in [1.807, 2.05) is 25.1 Å². The van der Waals surface area contributed by atoms with Gasteiger partial charge in [0.1, 0.15) is 11.4 Å². The standard InChI is InChI=1S/C14H18N2O5.C14H20N2O3.C12H16N2O5.C3H6.CHF3O3S.H2/c1-20-8-7-15-11-9-10(3-4-12(11)16(18)19)14(5-6-14)13(17)21-2;1-18-8-7-16-12-9-10(3-4-11(12)15)14(5-6-14)13(17)19-2;1-18-6-5-13-10-7-9(8-12(15)19-2)3-4-11(10)14(16)17;1-3-2;2-1(3,4)8(5,6)7;/h3-4,9,15H,5-8H2,1-2H3;3-4,9,16H,5-8,15H2,1-2H3;3-4,7,13H,5-6,8H2,1-2H3;3H,1H2,2H3;(H,5,6,7);1H/p-1. The molecule has 0 bridgehead atoms. The zero-order chi connectivity index (χ0) is 53.3. The summed E-state index contributed by atoms with van der Waals surface area (Å²) in [5, 5.41) is 31.0. The number of allylic oxidation sites excluding steroid dienone is 1. The monoisotopic (exact) mass is 1020 g/mol. The van der Waals surface area contributed by atoms with Gasteiger partial charge in [-0.1, -0.05) is 24.3 Å². The molecule has 5 N–H and O–H groups in total. The highest BCUT2D eigenvalue weighted by Crippen LogP contribution is 2.51. The number of esters is 3. The number of hydrogen-bond acceptors (Lipinski definition) is 20. The Morgan fingerprint density at radius 2 is 1.07 bits per heavy atom. The number of nitrogens with zero attached hydrogens (tertiary/aromatic N) is 2. The molecule has 2 aliphatic rings. The van der Waals surface area contributed by atoms with Gasteiger partial charge in [-0.05, 0) is 73.6 Å². The van der Waals surface area contributed by atoms with Crippen LogP contribution in [-0.2, 0) is 70.2 Å². The molecule has 0 atom stereocenters. The molecule has 0 saturated heterocycles. The summed E-state index contributed by atoms with van der Waals surface area (Å²) >= 11 is 0. The van der Waals surface area contributed by atoms with E-state index in [0.29, 0.717) is 74.9 Å². The largest absolute Gasteiger partial charge is 0.741 e. The first kappa shape index (κ1) is 61.4. The van der Waals surface area contributed by atoms with Crippen LogP contribution in [0.2, 0.25) is 0 Å². The Morgan fingerprint density at radius 3 is 1.41 bits per heavy atom. The molecule has 0 unspecified atom stereocenters. The second kappa shape index (κ2) is 29.4. The van der Waals surface area contributed by atoms with Crippen LogP contribution in [-0.4, -0.2) is 128 Å². The second-order valence-corrected chi connectivity index (χ2v) is 16.2. The van der Waals surface area contributed by atoms with Crippen LogP contribution in [0.3, 0.4) is 0 Å². The topological polar surface area (TPSA) is 312 Å². The molecular weight excluding hydrogens is 958 g/mol. The van der Waals surface area contributed by atoms with Crippen molar-refractivity contribution in [3.05, 3.63) is 104 Å². The molecule has 22 nitrogen and oxygen atoms in total. The number of nitrogens with two attached hydrogens (primary N) is 1. The van der Waals surface area contributed by atoms with E-state index in [0.717, 1.165) is 29.7 Å². The fourth-order valence-corrected chi connectivity index (χ4v) is 6.10. The summed E-state index contributed by atoms with van der Waals surface area (Å²) in [7, 11) is 2.74. The van der Waals surface area contributed by atoms with Gasteiger partial charge in [0.2, 0.25) is 0 Å². The minimum absolute atomic E-state index is 0. The number of nitro groups is 2. The molecule has 3 aromatic carbocycles. The van der Waals surface area contributed by atoms with Gasteiger partial charge in [0.25, 0.3) is 11.4 Å². The van der Waals surface area contributed by atoms with Gasteiger partial charge in [0.15, 0.2) is 10.1 Å². The fourth-order valence-electron chi connectivity index (χ4n) is 6.10. The van der Waals surface area contributed by atoms with Crippen molar-refractivity contribution in [3.8, 4) is 0 Å². The average Bonchev–Trinajstić information content (AvgIpc) is 4.26. The fraction of sp³-hybridized carbons (Fsp3) is 0.477. The summed E-state index contributed by atoms with van der Waals surface area (Å²) in [6.45, 7) is 8.29. The van der Waals surface area contributed by atoms with Crippen LogP contribution >= 0.6 is 0 Å². The zero-order valence-electron chi connectivity index (χ0n) is 39.8. The minimum Gasteiger partial charge on any atom is -0.741 e. The van der Waals surface area contributed by atoms with Crippen molar-refractivity contribution < 1.29 is 80.2 Å². The third kappa shape index (κ3) is 19.1. The highest BCUT2D eigenvalue weighted by atomic mass is 32.2. The van der Waals surface area contributed by atoms with E-state index in [2.05, 4.69) is 27.3 Å². The number of nitro benzene ring substituents is 2.